The Bertz CT molecular complexity index is 543. The van der Waals surface area contributed by atoms with Crippen LogP contribution in [0.1, 0.15) is 20.3 Å². The molecule has 1 atom stereocenters. The fourth-order valence-electron chi connectivity index (χ4n) is 1.14. The molecule has 1 aliphatic heterocycles. The molecule has 0 aromatic heterocycles. The molecule has 8 heteroatoms. The lowest BCUT2D eigenvalue weighted by Crippen LogP contribution is -2.10. The third-order valence-electron chi connectivity index (χ3n) is 2.76. The van der Waals surface area contributed by atoms with Crippen LogP contribution in [-0.2, 0) is 28.6 Å². The van der Waals surface area contributed by atoms with Crippen molar-refractivity contribution < 1.29 is 38.8 Å². The maximum Gasteiger partial charge on any atom is 0.333 e. The lowest BCUT2D eigenvalue weighted by molar-refractivity contribution is -0.140. The van der Waals surface area contributed by atoms with Crippen molar-refractivity contribution in [3.63, 3.8) is 0 Å². The zero-order valence-electron chi connectivity index (χ0n) is 14.4. The van der Waals surface area contributed by atoms with Crippen LogP contribution in [0.15, 0.2) is 36.0 Å². The van der Waals surface area contributed by atoms with E-state index in [0.29, 0.717) is 18.8 Å². The highest BCUT2D eigenvalue weighted by molar-refractivity contribution is 5.89. The van der Waals surface area contributed by atoms with Crippen molar-refractivity contribution in [1.82, 2.24) is 0 Å². The Hall–Kier alpha value is -2.45. The molecule has 25 heavy (non-hydrogen) atoms. The summed E-state index contributed by atoms with van der Waals surface area (Å²) in [6, 6.07) is 0. The van der Waals surface area contributed by atoms with Crippen LogP contribution in [0.2, 0.25) is 0 Å². The van der Waals surface area contributed by atoms with Crippen LogP contribution in [-0.4, -0.2) is 60.7 Å². The van der Waals surface area contributed by atoms with Crippen molar-refractivity contribution in [1.29, 1.82) is 0 Å². The van der Waals surface area contributed by atoms with Gasteiger partial charge in [0.1, 0.15) is 19.3 Å². The van der Waals surface area contributed by atoms with E-state index in [1.165, 1.54) is 13.0 Å². The van der Waals surface area contributed by atoms with Crippen LogP contribution in [0.25, 0.3) is 0 Å². The van der Waals surface area contributed by atoms with Crippen molar-refractivity contribution >= 4 is 17.9 Å². The van der Waals surface area contributed by atoms with E-state index < -0.39 is 11.9 Å². The number of esters is 2. The van der Waals surface area contributed by atoms with Gasteiger partial charge in [0.05, 0.1) is 13.2 Å². The van der Waals surface area contributed by atoms with Crippen molar-refractivity contribution in [3.8, 4) is 0 Å². The quantitative estimate of drug-likeness (QED) is 0.356. The predicted octanol–water partition coefficient (Wildman–Crippen LogP) is 1.00. The molecule has 0 saturated carbocycles. The molecular weight excluding hydrogens is 332 g/mol. The molecule has 0 amide bonds. The minimum Gasteiger partial charge on any atom is -0.478 e. The largest absolute Gasteiger partial charge is 0.478 e. The lowest BCUT2D eigenvalue weighted by Gasteiger charge is -2.03. The van der Waals surface area contributed by atoms with Crippen LogP contribution >= 0.6 is 0 Å². The van der Waals surface area contributed by atoms with E-state index >= 15 is 0 Å². The summed E-state index contributed by atoms with van der Waals surface area (Å²) in [5.41, 5.74) is 0.732. The summed E-state index contributed by atoms with van der Waals surface area (Å²) in [6.07, 6.45) is 1.65. The van der Waals surface area contributed by atoms with Crippen molar-refractivity contribution in [2.45, 2.75) is 26.4 Å². The standard InChI is InChI=1S/C10H14O5.C7H10O3/c1-7(9(12)13)3-4-8(2)10(14)15-6-5-11;1-5(2)7(8)10-4-6-3-9-6/h3,11H,2,4-6H2,1H3,(H,12,13);6H,1,3-4H2,2H3. The summed E-state index contributed by atoms with van der Waals surface area (Å²) >= 11 is 0. The number of hydrogen-bond donors (Lipinski definition) is 2. The fourth-order valence-corrected chi connectivity index (χ4v) is 1.14. The fraction of sp³-hybridized carbons (Fsp3) is 0.471. The van der Waals surface area contributed by atoms with E-state index in [1.54, 1.807) is 6.92 Å². The number of aliphatic carboxylic acids is 1. The van der Waals surface area contributed by atoms with E-state index in [1.807, 2.05) is 0 Å². The first kappa shape index (κ1) is 22.6. The molecule has 140 valence electrons. The lowest BCUT2D eigenvalue weighted by atomic mass is 10.1. The second-order valence-corrected chi connectivity index (χ2v) is 5.19. The van der Waals surface area contributed by atoms with Gasteiger partial charge in [-0.05, 0) is 20.3 Å². The van der Waals surface area contributed by atoms with E-state index in [2.05, 4.69) is 17.9 Å². The monoisotopic (exact) mass is 356 g/mol. The summed E-state index contributed by atoms with van der Waals surface area (Å²) in [6.45, 7) is 10.7. The maximum atomic E-state index is 11.1. The van der Waals surface area contributed by atoms with Crippen LogP contribution in [0, 0.1) is 0 Å². The van der Waals surface area contributed by atoms with Crippen LogP contribution < -0.4 is 0 Å². The van der Waals surface area contributed by atoms with Gasteiger partial charge < -0.3 is 24.4 Å². The Morgan fingerprint density at radius 1 is 1.20 bits per heavy atom. The molecule has 0 radical (unpaired) electrons. The Labute approximate surface area is 146 Å². The molecule has 0 aromatic rings. The van der Waals surface area contributed by atoms with E-state index in [9.17, 15) is 14.4 Å². The zero-order chi connectivity index (χ0) is 19.4. The second-order valence-electron chi connectivity index (χ2n) is 5.19. The average Bonchev–Trinajstić information content (AvgIpc) is 3.39. The normalized spacial score (nSPS) is 15.3. The summed E-state index contributed by atoms with van der Waals surface area (Å²) < 4.78 is 14.2. The first-order chi connectivity index (χ1) is 11.7. The predicted molar refractivity (Wildman–Crippen MR) is 88.7 cm³/mol. The third-order valence-corrected chi connectivity index (χ3v) is 2.76. The molecule has 1 saturated heterocycles. The number of carboxylic acid groups (broad SMARTS) is 1. The number of carbonyl (C=O) groups excluding carboxylic acids is 2. The van der Waals surface area contributed by atoms with Gasteiger partial charge in [-0.25, -0.2) is 14.4 Å². The minimum atomic E-state index is -1.04. The molecule has 8 nitrogen and oxygen atoms in total. The Kier molecular flexibility index (Phi) is 10.8. The summed E-state index contributed by atoms with van der Waals surface area (Å²) in [4.78, 5) is 32.2. The van der Waals surface area contributed by atoms with Gasteiger partial charge in [0, 0.05) is 16.7 Å². The summed E-state index contributed by atoms with van der Waals surface area (Å²) in [7, 11) is 0. The molecular formula is C17H24O8. The molecule has 1 unspecified atom stereocenters. The number of aliphatic hydroxyl groups excluding tert-OH is 1. The molecule has 0 aromatic carbocycles. The highest BCUT2D eigenvalue weighted by Crippen LogP contribution is 2.09. The molecule has 1 heterocycles. The first-order valence-electron chi connectivity index (χ1n) is 7.49. The Morgan fingerprint density at radius 3 is 2.24 bits per heavy atom. The van der Waals surface area contributed by atoms with E-state index in [-0.39, 0.29) is 42.9 Å². The van der Waals surface area contributed by atoms with Crippen molar-refractivity contribution in [2.75, 3.05) is 26.4 Å². The Balaban J connectivity index is 0.000000496. The van der Waals surface area contributed by atoms with Gasteiger partial charge in [0.25, 0.3) is 0 Å². The third kappa shape index (κ3) is 11.7. The summed E-state index contributed by atoms with van der Waals surface area (Å²) in [5, 5.41) is 16.9. The smallest absolute Gasteiger partial charge is 0.333 e. The van der Waals surface area contributed by atoms with Gasteiger partial charge in [-0.3, -0.25) is 0 Å². The molecule has 1 fully saturated rings. The molecule has 1 aliphatic rings. The first-order valence-corrected chi connectivity index (χ1v) is 7.49. The van der Waals surface area contributed by atoms with Crippen LogP contribution in [0.3, 0.4) is 0 Å². The van der Waals surface area contributed by atoms with E-state index in [4.69, 9.17) is 19.7 Å². The minimum absolute atomic E-state index is 0.0838. The highest BCUT2D eigenvalue weighted by Gasteiger charge is 2.24. The van der Waals surface area contributed by atoms with Gasteiger partial charge in [-0.15, -0.1) is 0 Å². The topological polar surface area (TPSA) is 123 Å². The number of epoxide rings is 1. The van der Waals surface area contributed by atoms with E-state index in [0.717, 1.165) is 0 Å². The number of ether oxygens (including phenoxy) is 3. The number of rotatable bonds is 9. The highest BCUT2D eigenvalue weighted by atomic mass is 16.6. The molecule has 0 bridgehead atoms. The van der Waals surface area contributed by atoms with Gasteiger partial charge in [-0.2, -0.15) is 0 Å². The number of carboxylic acids is 1. The number of carbonyl (C=O) groups is 3. The summed E-state index contributed by atoms with van der Waals surface area (Å²) in [5.74, 6) is -2.00. The zero-order valence-corrected chi connectivity index (χ0v) is 14.4. The second kappa shape index (κ2) is 12.0. The molecule has 0 spiro atoms. The van der Waals surface area contributed by atoms with Gasteiger partial charge in [-0.1, -0.05) is 19.2 Å². The van der Waals surface area contributed by atoms with Gasteiger partial charge in [0.15, 0.2) is 0 Å². The number of hydrogen-bond acceptors (Lipinski definition) is 7. The van der Waals surface area contributed by atoms with Crippen molar-refractivity contribution in [3.05, 3.63) is 36.0 Å². The van der Waals surface area contributed by atoms with Crippen LogP contribution in [0.5, 0.6) is 0 Å². The van der Waals surface area contributed by atoms with Gasteiger partial charge >= 0.3 is 17.9 Å². The molecule has 0 aliphatic carbocycles. The Morgan fingerprint density at radius 2 is 1.80 bits per heavy atom. The average molecular weight is 356 g/mol. The maximum absolute atomic E-state index is 11.1. The van der Waals surface area contributed by atoms with Crippen molar-refractivity contribution in [2.24, 2.45) is 0 Å². The number of allylic oxidation sites excluding steroid dienone is 1. The molecule has 1 rings (SSSR count). The van der Waals surface area contributed by atoms with Crippen LogP contribution in [0.4, 0.5) is 0 Å². The number of aliphatic hydroxyl groups is 1. The SMILES string of the molecule is C=C(C)C(=O)OCC1CO1.C=C(CC=C(C)C(=O)O)C(=O)OCCO. The van der Waals surface area contributed by atoms with Gasteiger partial charge in [0.2, 0.25) is 0 Å². The molecule has 2 N–H and O–H groups in total.